The van der Waals surface area contributed by atoms with Crippen molar-refractivity contribution in [3.63, 3.8) is 0 Å². The highest BCUT2D eigenvalue weighted by atomic mass is 79.9. The monoisotopic (exact) mass is 276 g/mol. The Morgan fingerprint density at radius 1 is 1.00 bits per heavy atom. The summed E-state index contributed by atoms with van der Waals surface area (Å²) in [6.45, 7) is 0. The first-order valence-electron chi connectivity index (χ1n) is 4.53. The van der Waals surface area contributed by atoms with Crippen LogP contribution < -0.4 is 0 Å². The Bertz CT molecular complexity index is 652. The predicted molar refractivity (Wildman–Crippen MR) is 60.5 cm³/mol. The minimum atomic E-state index is 0.363. The van der Waals surface area contributed by atoms with Crippen LogP contribution in [0.15, 0.2) is 39.8 Å². The van der Waals surface area contributed by atoms with Crippen molar-refractivity contribution in [1.29, 1.82) is 0 Å². The topological polar surface area (TPSA) is 64.7 Å². The van der Waals surface area contributed by atoms with Gasteiger partial charge in [0, 0.05) is 33.9 Å². The largest absolute Gasteiger partial charge is 0.411 e. The van der Waals surface area contributed by atoms with Crippen molar-refractivity contribution in [3.05, 3.63) is 35.4 Å². The highest BCUT2D eigenvalue weighted by molar-refractivity contribution is 9.10. The summed E-state index contributed by atoms with van der Waals surface area (Å²) in [7, 11) is 0. The minimum absolute atomic E-state index is 0.363. The Balaban J connectivity index is 2.18. The third kappa shape index (κ3) is 1.57. The van der Waals surface area contributed by atoms with E-state index in [1.807, 2.05) is 18.2 Å². The third-order valence-corrected chi connectivity index (χ3v) is 2.44. The van der Waals surface area contributed by atoms with Crippen molar-refractivity contribution in [3.8, 4) is 11.5 Å². The second-order valence-corrected chi connectivity index (χ2v) is 3.80. The van der Waals surface area contributed by atoms with Crippen LogP contribution in [0.5, 0.6) is 0 Å². The van der Waals surface area contributed by atoms with Gasteiger partial charge in [-0.25, -0.2) is 0 Å². The van der Waals surface area contributed by atoms with E-state index in [1.165, 1.54) is 0 Å². The molecule has 0 N–H and O–H groups in total. The van der Waals surface area contributed by atoms with Crippen LogP contribution in [0.1, 0.15) is 0 Å². The van der Waals surface area contributed by atoms with Gasteiger partial charge in [0.05, 0.1) is 11.0 Å². The van der Waals surface area contributed by atoms with E-state index in [0.717, 1.165) is 16.6 Å². The van der Waals surface area contributed by atoms with E-state index in [2.05, 4.69) is 36.1 Å². The molecule has 0 aliphatic rings. The normalized spacial score (nSPS) is 10.8. The zero-order chi connectivity index (χ0) is 11.0. The molecule has 0 saturated heterocycles. The van der Waals surface area contributed by atoms with Crippen LogP contribution in [0.2, 0.25) is 0 Å². The van der Waals surface area contributed by atoms with Gasteiger partial charge in [0.1, 0.15) is 0 Å². The summed E-state index contributed by atoms with van der Waals surface area (Å²) in [5.74, 6) is 0.458. The predicted octanol–water partition coefficient (Wildman–Crippen LogP) is 2.44. The van der Waals surface area contributed by atoms with Gasteiger partial charge in [-0.3, -0.25) is 9.97 Å². The maximum Gasteiger partial charge on any atom is 0.285 e. The molecule has 0 aliphatic carbocycles. The van der Waals surface area contributed by atoms with Crippen LogP contribution in [0.25, 0.3) is 22.5 Å². The van der Waals surface area contributed by atoms with E-state index in [-0.39, 0.29) is 0 Å². The molecule has 0 saturated carbocycles. The number of aromatic nitrogens is 4. The van der Waals surface area contributed by atoms with Crippen LogP contribution in [0.4, 0.5) is 0 Å². The lowest BCUT2D eigenvalue weighted by Gasteiger charge is -1.97. The van der Waals surface area contributed by atoms with Crippen molar-refractivity contribution < 1.29 is 4.42 Å². The first kappa shape index (κ1) is 9.41. The Hall–Kier alpha value is -1.82. The second kappa shape index (κ2) is 3.64. The summed E-state index contributed by atoms with van der Waals surface area (Å²) in [6, 6.07) is 5.61. The number of fused-ring (bicyclic) bond motifs is 1. The van der Waals surface area contributed by atoms with Gasteiger partial charge in [-0.1, -0.05) is 0 Å². The molecule has 2 aromatic heterocycles. The van der Waals surface area contributed by atoms with Gasteiger partial charge in [-0.05, 0) is 18.2 Å². The molecule has 0 unspecified atom stereocenters. The summed E-state index contributed by atoms with van der Waals surface area (Å²) in [4.78, 5) is 8.76. The average molecular weight is 277 g/mol. The zero-order valence-electron chi connectivity index (χ0n) is 7.96. The van der Waals surface area contributed by atoms with Gasteiger partial charge in [0.2, 0.25) is 5.89 Å². The first-order valence-corrected chi connectivity index (χ1v) is 5.32. The number of hydrogen-bond donors (Lipinski definition) is 0. The summed E-state index contributed by atoms with van der Waals surface area (Å²) < 4.78 is 5.26. The summed E-state index contributed by atoms with van der Waals surface area (Å²) in [6.07, 6.45) is 3.31. The molecule has 3 aromatic rings. The van der Waals surface area contributed by atoms with Gasteiger partial charge < -0.3 is 4.42 Å². The lowest BCUT2D eigenvalue weighted by Crippen LogP contribution is -1.84. The standard InChI is InChI=1S/C10H5BrN4O/c11-10-15-14-9(16-10)6-1-2-7-8(5-6)13-4-3-12-7/h1-5H. The van der Waals surface area contributed by atoms with Crippen molar-refractivity contribution in [1.82, 2.24) is 20.2 Å². The molecule has 1 aromatic carbocycles. The zero-order valence-corrected chi connectivity index (χ0v) is 9.55. The molecule has 3 rings (SSSR count). The minimum Gasteiger partial charge on any atom is -0.411 e. The maximum atomic E-state index is 5.26. The molecule has 2 heterocycles. The van der Waals surface area contributed by atoms with Gasteiger partial charge in [0.15, 0.2) is 0 Å². The van der Waals surface area contributed by atoms with Gasteiger partial charge in [-0.15, -0.1) is 10.2 Å². The number of rotatable bonds is 1. The van der Waals surface area contributed by atoms with Crippen LogP contribution in [-0.2, 0) is 0 Å². The molecule has 0 bridgehead atoms. The Labute approximate surface area is 98.7 Å². The van der Waals surface area contributed by atoms with Crippen LogP contribution >= 0.6 is 15.9 Å². The first-order chi connectivity index (χ1) is 7.83. The number of benzene rings is 1. The Kier molecular flexibility index (Phi) is 2.14. The van der Waals surface area contributed by atoms with E-state index in [4.69, 9.17) is 4.42 Å². The smallest absolute Gasteiger partial charge is 0.285 e. The third-order valence-electron chi connectivity index (χ3n) is 2.12. The van der Waals surface area contributed by atoms with Gasteiger partial charge in [0.25, 0.3) is 4.80 Å². The molecule has 78 valence electrons. The molecule has 16 heavy (non-hydrogen) atoms. The fourth-order valence-corrected chi connectivity index (χ4v) is 1.65. The molecule has 6 heteroatoms. The molecular weight excluding hydrogens is 272 g/mol. The molecular formula is C10H5BrN4O. The van der Waals surface area contributed by atoms with Crippen LogP contribution in [-0.4, -0.2) is 20.2 Å². The van der Waals surface area contributed by atoms with Crippen molar-refractivity contribution in [2.75, 3.05) is 0 Å². The van der Waals surface area contributed by atoms with Crippen molar-refractivity contribution >= 4 is 27.0 Å². The van der Waals surface area contributed by atoms with E-state index < -0.39 is 0 Å². The highest BCUT2D eigenvalue weighted by Gasteiger charge is 2.07. The molecule has 0 spiro atoms. The van der Waals surface area contributed by atoms with Gasteiger partial charge in [-0.2, -0.15) is 0 Å². The second-order valence-electron chi connectivity index (χ2n) is 3.12. The average Bonchev–Trinajstić information content (AvgIpc) is 2.75. The lowest BCUT2D eigenvalue weighted by atomic mass is 10.2. The number of nitrogens with zero attached hydrogens (tertiary/aromatic N) is 4. The van der Waals surface area contributed by atoms with Crippen LogP contribution in [0.3, 0.4) is 0 Å². The van der Waals surface area contributed by atoms with Crippen LogP contribution in [0, 0.1) is 0 Å². The summed E-state index contributed by atoms with van der Waals surface area (Å²) in [5, 5.41) is 7.62. The van der Waals surface area contributed by atoms with Crippen molar-refractivity contribution in [2.45, 2.75) is 0 Å². The number of halogens is 1. The molecule has 0 amide bonds. The summed E-state index contributed by atoms with van der Waals surface area (Å²) >= 11 is 3.11. The fourth-order valence-electron chi connectivity index (χ4n) is 1.42. The molecule has 0 aliphatic heterocycles. The van der Waals surface area contributed by atoms with E-state index in [9.17, 15) is 0 Å². The molecule has 5 nitrogen and oxygen atoms in total. The Morgan fingerprint density at radius 2 is 1.81 bits per heavy atom. The lowest BCUT2D eigenvalue weighted by molar-refractivity contribution is 0.540. The van der Waals surface area contributed by atoms with E-state index in [0.29, 0.717) is 10.7 Å². The molecule has 0 radical (unpaired) electrons. The Morgan fingerprint density at radius 3 is 2.56 bits per heavy atom. The fraction of sp³-hybridized carbons (Fsp3) is 0. The van der Waals surface area contributed by atoms with E-state index in [1.54, 1.807) is 12.4 Å². The quantitative estimate of drug-likeness (QED) is 0.683. The maximum absolute atomic E-state index is 5.26. The SMILES string of the molecule is Brc1nnc(-c2ccc3nccnc3c2)o1. The van der Waals surface area contributed by atoms with Crippen molar-refractivity contribution in [2.24, 2.45) is 0 Å². The summed E-state index contributed by atoms with van der Waals surface area (Å²) in [5.41, 5.74) is 2.46. The highest BCUT2D eigenvalue weighted by Crippen LogP contribution is 2.22. The van der Waals surface area contributed by atoms with Gasteiger partial charge >= 0.3 is 0 Å². The van der Waals surface area contributed by atoms with E-state index >= 15 is 0 Å². The molecule has 0 atom stereocenters. The number of hydrogen-bond acceptors (Lipinski definition) is 5. The molecule has 0 fully saturated rings.